The van der Waals surface area contributed by atoms with Crippen LogP contribution in [0, 0.1) is 0 Å². The molecule has 0 unspecified atom stereocenters. The maximum Gasteiger partial charge on any atom is 0.326 e. The molecule has 0 saturated heterocycles. The fraction of sp³-hybridized carbons (Fsp3) is 0.500. The lowest BCUT2D eigenvalue weighted by Crippen LogP contribution is -2.56. The normalized spacial score (nSPS) is 13.5. The lowest BCUT2D eigenvalue weighted by molar-refractivity contribution is -0.142. The summed E-state index contributed by atoms with van der Waals surface area (Å²) in [5.41, 5.74) is 0.818. The molecule has 1 rings (SSSR count). The van der Waals surface area contributed by atoms with Crippen LogP contribution in [0.1, 0.15) is 18.4 Å². The van der Waals surface area contributed by atoms with Crippen LogP contribution in [0.15, 0.2) is 30.3 Å². The van der Waals surface area contributed by atoms with Gasteiger partial charge in [0.25, 0.3) is 0 Å². The van der Waals surface area contributed by atoms with Crippen molar-refractivity contribution in [1.29, 1.82) is 0 Å². The molecule has 1 aromatic carbocycles. The summed E-state index contributed by atoms with van der Waals surface area (Å²) in [6.07, 6.45) is 5.09. The molecule has 30 heavy (non-hydrogen) atoms. The first-order valence-electron chi connectivity index (χ1n) is 9.48. The number of carbonyl (C=O) groups excluding carboxylic acids is 3. The minimum absolute atomic E-state index is 0.198. The van der Waals surface area contributed by atoms with Gasteiger partial charge in [0, 0.05) is 6.42 Å². The summed E-state index contributed by atoms with van der Waals surface area (Å²) < 4.78 is 0. The van der Waals surface area contributed by atoms with Crippen molar-refractivity contribution < 1.29 is 24.3 Å². The second-order valence-corrected chi connectivity index (χ2v) is 8.52. The predicted molar refractivity (Wildman–Crippen MR) is 121 cm³/mol. The van der Waals surface area contributed by atoms with Crippen molar-refractivity contribution in [2.75, 3.05) is 24.0 Å². The van der Waals surface area contributed by atoms with E-state index in [1.165, 1.54) is 23.5 Å². The van der Waals surface area contributed by atoms with Gasteiger partial charge in [-0.25, -0.2) is 4.79 Å². The molecule has 3 atom stereocenters. The number of hydrogen-bond acceptors (Lipinski definition) is 6. The minimum atomic E-state index is -1.12. The molecule has 10 heteroatoms. The van der Waals surface area contributed by atoms with Crippen molar-refractivity contribution in [3.05, 3.63) is 35.9 Å². The van der Waals surface area contributed by atoms with E-state index in [9.17, 15) is 24.3 Å². The Morgan fingerprint density at radius 1 is 0.933 bits per heavy atom. The zero-order valence-electron chi connectivity index (χ0n) is 17.1. The second kappa shape index (κ2) is 14.7. The number of thioether (sulfide) groups is 2. The molecular weight excluding hydrogens is 426 g/mol. The number of amides is 3. The molecule has 1 aromatic rings. The maximum atomic E-state index is 12.9. The van der Waals surface area contributed by atoms with Crippen molar-refractivity contribution in [2.45, 2.75) is 37.4 Å². The standard InChI is InChI=1S/C20H29N3O5S2/c1-29-10-8-15(21-13-24)18(25)23-17(12-14-6-4-3-5-7-14)19(26)22-16(20(27)28)9-11-30-2/h3-7,13,15-17H,8-12H2,1-2H3,(H,21,24)(H,22,26)(H,23,25)(H,27,28)/t15-,16+,17-/m1/s1. The van der Waals surface area contributed by atoms with Crippen LogP contribution in [-0.2, 0) is 25.6 Å². The van der Waals surface area contributed by atoms with Crippen LogP contribution in [0.2, 0.25) is 0 Å². The van der Waals surface area contributed by atoms with E-state index in [0.29, 0.717) is 24.3 Å². The summed E-state index contributed by atoms with van der Waals surface area (Å²) in [7, 11) is 0. The van der Waals surface area contributed by atoms with Crippen LogP contribution in [-0.4, -0.2) is 71.4 Å². The monoisotopic (exact) mass is 455 g/mol. The molecule has 8 nitrogen and oxygen atoms in total. The van der Waals surface area contributed by atoms with Gasteiger partial charge in [-0.15, -0.1) is 0 Å². The smallest absolute Gasteiger partial charge is 0.326 e. The number of aliphatic carboxylic acids is 1. The number of hydrogen-bond donors (Lipinski definition) is 4. The molecule has 0 aromatic heterocycles. The largest absolute Gasteiger partial charge is 0.480 e. The number of carboxylic acid groups (broad SMARTS) is 1. The number of rotatable bonds is 15. The number of carbonyl (C=O) groups is 4. The Morgan fingerprint density at radius 3 is 2.00 bits per heavy atom. The molecule has 0 aliphatic heterocycles. The van der Waals surface area contributed by atoms with Crippen LogP contribution < -0.4 is 16.0 Å². The fourth-order valence-corrected chi connectivity index (χ4v) is 3.65. The van der Waals surface area contributed by atoms with E-state index in [1.807, 2.05) is 42.8 Å². The lowest BCUT2D eigenvalue weighted by Gasteiger charge is -2.24. The molecule has 0 fully saturated rings. The maximum absolute atomic E-state index is 12.9. The topological polar surface area (TPSA) is 125 Å². The second-order valence-electron chi connectivity index (χ2n) is 6.55. The fourth-order valence-electron chi connectivity index (χ4n) is 2.70. The van der Waals surface area contributed by atoms with Gasteiger partial charge in [0.2, 0.25) is 18.2 Å². The molecular formula is C20H29N3O5S2. The van der Waals surface area contributed by atoms with Crippen molar-refractivity contribution >= 4 is 47.7 Å². The summed E-state index contributed by atoms with van der Waals surface area (Å²) in [5, 5.41) is 17.1. The van der Waals surface area contributed by atoms with E-state index in [-0.39, 0.29) is 12.8 Å². The first-order chi connectivity index (χ1) is 14.4. The SMILES string of the molecule is CSCC[C@H](NC(=O)[C@@H](Cc1ccccc1)NC(=O)[C@@H](CCSC)NC=O)C(=O)O. The average Bonchev–Trinajstić information content (AvgIpc) is 2.73. The van der Waals surface area contributed by atoms with Crippen LogP contribution in [0.3, 0.4) is 0 Å². The number of carboxylic acids is 1. The van der Waals surface area contributed by atoms with Crippen molar-refractivity contribution in [1.82, 2.24) is 16.0 Å². The molecule has 0 aliphatic carbocycles. The lowest BCUT2D eigenvalue weighted by atomic mass is 10.0. The summed E-state index contributed by atoms with van der Waals surface area (Å²) in [5.74, 6) is -0.946. The molecule has 0 heterocycles. The minimum Gasteiger partial charge on any atom is -0.480 e. The number of benzene rings is 1. The van der Waals surface area contributed by atoms with Gasteiger partial charge in [-0.05, 0) is 42.4 Å². The highest BCUT2D eigenvalue weighted by molar-refractivity contribution is 7.98. The Bertz CT molecular complexity index is 690. The Morgan fingerprint density at radius 2 is 1.47 bits per heavy atom. The molecule has 0 bridgehead atoms. The van der Waals surface area contributed by atoms with Crippen molar-refractivity contribution in [3.63, 3.8) is 0 Å². The molecule has 3 amide bonds. The van der Waals surface area contributed by atoms with E-state index in [2.05, 4.69) is 16.0 Å². The van der Waals surface area contributed by atoms with Gasteiger partial charge in [-0.3, -0.25) is 14.4 Å². The van der Waals surface area contributed by atoms with E-state index < -0.39 is 35.9 Å². The first kappa shape index (κ1) is 25.8. The highest BCUT2D eigenvalue weighted by Crippen LogP contribution is 2.07. The van der Waals surface area contributed by atoms with Gasteiger partial charge < -0.3 is 21.1 Å². The highest BCUT2D eigenvalue weighted by Gasteiger charge is 2.28. The molecule has 166 valence electrons. The Kier molecular flexibility index (Phi) is 12.7. The zero-order valence-corrected chi connectivity index (χ0v) is 18.8. The van der Waals surface area contributed by atoms with E-state index in [4.69, 9.17) is 0 Å². The van der Waals surface area contributed by atoms with Gasteiger partial charge in [0.05, 0.1) is 0 Å². The van der Waals surface area contributed by atoms with Crippen LogP contribution in [0.4, 0.5) is 0 Å². The summed E-state index contributed by atoms with van der Waals surface area (Å²) in [6.45, 7) is 0. The Hall–Kier alpha value is -2.20. The third-order valence-corrected chi connectivity index (χ3v) is 5.63. The molecule has 0 saturated carbocycles. The van der Waals surface area contributed by atoms with Gasteiger partial charge in [-0.1, -0.05) is 30.3 Å². The molecule has 4 N–H and O–H groups in total. The Labute approximate surface area is 185 Å². The summed E-state index contributed by atoms with van der Waals surface area (Å²) in [6, 6.07) is 6.34. The molecule has 0 aliphatic rings. The van der Waals surface area contributed by atoms with Crippen LogP contribution in [0.25, 0.3) is 0 Å². The van der Waals surface area contributed by atoms with Gasteiger partial charge in [0.15, 0.2) is 0 Å². The number of nitrogens with one attached hydrogen (secondary N) is 3. The van der Waals surface area contributed by atoms with Gasteiger partial charge >= 0.3 is 5.97 Å². The van der Waals surface area contributed by atoms with E-state index in [0.717, 1.165) is 5.56 Å². The average molecular weight is 456 g/mol. The third kappa shape index (κ3) is 9.53. The first-order valence-corrected chi connectivity index (χ1v) is 12.3. The van der Waals surface area contributed by atoms with Crippen molar-refractivity contribution in [3.8, 4) is 0 Å². The van der Waals surface area contributed by atoms with Crippen LogP contribution >= 0.6 is 23.5 Å². The van der Waals surface area contributed by atoms with E-state index in [1.54, 1.807) is 0 Å². The summed E-state index contributed by atoms with van der Waals surface area (Å²) >= 11 is 3.02. The summed E-state index contributed by atoms with van der Waals surface area (Å²) in [4.78, 5) is 47.9. The van der Waals surface area contributed by atoms with Crippen LogP contribution in [0.5, 0.6) is 0 Å². The predicted octanol–water partition coefficient (Wildman–Crippen LogP) is 0.904. The van der Waals surface area contributed by atoms with Gasteiger partial charge in [-0.2, -0.15) is 23.5 Å². The van der Waals surface area contributed by atoms with Gasteiger partial charge in [0.1, 0.15) is 18.1 Å². The highest BCUT2D eigenvalue weighted by atomic mass is 32.2. The third-order valence-electron chi connectivity index (χ3n) is 4.34. The molecule has 0 spiro atoms. The Balaban J connectivity index is 2.96. The van der Waals surface area contributed by atoms with Crippen molar-refractivity contribution in [2.24, 2.45) is 0 Å². The quantitative estimate of drug-likeness (QED) is 0.290. The van der Waals surface area contributed by atoms with E-state index >= 15 is 0 Å². The zero-order chi connectivity index (χ0) is 22.4. The molecule has 0 radical (unpaired) electrons.